The molecule has 0 radical (unpaired) electrons. The van der Waals surface area contributed by atoms with E-state index >= 15 is 0 Å². The Bertz CT molecular complexity index is 577. The second-order valence-corrected chi connectivity index (χ2v) is 5.40. The van der Waals surface area contributed by atoms with Gasteiger partial charge in [0.25, 0.3) is 5.69 Å². The quantitative estimate of drug-likeness (QED) is 0.607. The summed E-state index contributed by atoms with van der Waals surface area (Å²) < 4.78 is 5.18. The molecule has 1 aromatic rings. The molecule has 0 N–H and O–H groups in total. The molecule has 0 unspecified atom stereocenters. The van der Waals surface area contributed by atoms with Crippen molar-refractivity contribution in [2.45, 2.75) is 13.0 Å². The molecule has 118 valence electrons. The van der Waals surface area contributed by atoms with Crippen LogP contribution in [0, 0.1) is 21.4 Å². The zero-order valence-corrected chi connectivity index (χ0v) is 12.9. The molecule has 1 saturated heterocycles. The van der Waals surface area contributed by atoms with Crippen LogP contribution in [-0.4, -0.2) is 55.8 Å². The largest absolute Gasteiger partial charge is 0.383 e. The molecule has 1 heterocycles. The first-order valence-electron chi connectivity index (χ1n) is 7.23. The van der Waals surface area contributed by atoms with E-state index in [1.165, 1.54) is 12.1 Å². The molecular weight excluding hydrogens is 284 g/mol. The third-order valence-electron chi connectivity index (χ3n) is 4.00. The van der Waals surface area contributed by atoms with Gasteiger partial charge in [-0.05, 0) is 13.0 Å². The van der Waals surface area contributed by atoms with Crippen molar-refractivity contribution < 1.29 is 9.66 Å². The van der Waals surface area contributed by atoms with Crippen molar-refractivity contribution in [1.82, 2.24) is 4.90 Å². The van der Waals surface area contributed by atoms with Gasteiger partial charge in [-0.15, -0.1) is 0 Å². The molecule has 1 aliphatic heterocycles. The lowest BCUT2D eigenvalue weighted by atomic mass is 10.1. The van der Waals surface area contributed by atoms with Gasteiger partial charge < -0.3 is 9.64 Å². The topological polar surface area (TPSA) is 82.6 Å². The van der Waals surface area contributed by atoms with E-state index in [0.29, 0.717) is 18.2 Å². The summed E-state index contributed by atoms with van der Waals surface area (Å²) >= 11 is 0. The second-order valence-electron chi connectivity index (χ2n) is 5.40. The number of hydrogen-bond acceptors (Lipinski definition) is 6. The second kappa shape index (κ2) is 7.20. The van der Waals surface area contributed by atoms with E-state index < -0.39 is 4.92 Å². The molecule has 0 aliphatic carbocycles. The monoisotopic (exact) mass is 304 g/mol. The highest BCUT2D eigenvalue weighted by atomic mass is 16.6. The maximum absolute atomic E-state index is 10.8. The third kappa shape index (κ3) is 3.53. The molecule has 1 atom stereocenters. The van der Waals surface area contributed by atoms with Crippen LogP contribution in [0.15, 0.2) is 18.2 Å². The highest BCUT2D eigenvalue weighted by molar-refractivity contribution is 5.63. The maximum Gasteiger partial charge on any atom is 0.270 e. The number of ether oxygens (including phenoxy) is 1. The summed E-state index contributed by atoms with van der Waals surface area (Å²) in [5.41, 5.74) is 1.08. The minimum atomic E-state index is -0.477. The summed E-state index contributed by atoms with van der Waals surface area (Å²) in [7, 11) is 1.70. The maximum atomic E-state index is 10.8. The van der Waals surface area contributed by atoms with Gasteiger partial charge in [0.1, 0.15) is 6.07 Å². The lowest BCUT2D eigenvalue weighted by Gasteiger charge is -2.39. The van der Waals surface area contributed by atoms with Gasteiger partial charge in [0.05, 0.1) is 22.8 Å². The Morgan fingerprint density at radius 2 is 2.09 bits per heavy atom. The lowest BCUT2D eigenvalue weighted by Crippen LogP contribution is -2.50. The van der Waals surface area contributed by atoms with Crippen LogP contribution < -0.4 is 4.90 Å². The zero-order valence-electron chi connectivity index (χ0n) is 12.9. The third-order valence-corrected chi connectivity index (χ3v) is 4.00. The van der Waals surface area contributed by atoms with E-state index in [0.717, 1.165) is 31.9 Å². The summed E-state index contributed by atoms with van der Waals surface area (Å²) in [6.45, 7) is 6.17. The van der Waals surface area contributed by atoms with Crippen LogP contribution in [0.4, 0.5) is 11.4 Å². The van der Waals surface area contributed by atoms with Crippen LogP contribution in [0.1, 0.15) is 12.5 Å². The van der Waals surface area contributed by atoms with Gasteiger partial charge in [0, 0.05) is 51.5 Å². The van der Waals surface area contributed by atoms with Crippen molar-refractivity contribution in [2.75, 3.05) is 44.8 Å². The van der Waals surface area contributed by atoms with E-state index in [4.69, 9.17) is 4.74 Å². The normalized spacial score (nSPS) is 17.0. The molecule has 7 nitrogen and oxygen atoms in total. The number of nitro groups is 1. The number of hydrogen-bond donors (Lipinski definition) is 0. The number of rotatable bonds is 5. The SMILES string of the molecule is COC[C@@H](C)N1CCN(c2ccc([N+](=O)[O-])cc2C#N)CC1. The molecule has 0 saturated carbocycles. The Morgan fingerprint density at radius 1 is 1.41 bits per heavy atom. The van der Waals surface area contributed by atoms with Gasteiger partial charge in [-0.25, -0.2) is 0 Å². The van der Waals surface area contributed by atoms with E-state index in [-0.39, 0.29) is 5.69 Å². The number of nitriles is 1. The number of piperazine rings is 1. The lowest BCUT2D eigenvalue weighted by molar-refractivity contribution is -0.384. The fourth-order valence-corrected chi connectivity index (χ4v) is 2.75. The Labute approximate surface area is 129 Å². The van der Waals surface area contributed by atoms with Crippen LogP contribution >= 0.6 is 0 Å². The van der Waals surface area contributed by atoms with Crippen molar-refractivity contribution in [1.29, 1.82) is 5.26 Å². The summed E-state index contributed by atoms with van der Waals surface area (Å²) in [6.07, 6.45) is 0. The van der Waals surface area contributed by atoms with Crippen LogP contribution in [0.25, 0.3) is 0 Å². The fourth-order valence-electron chi connectivity index (χ4n) is 2.75. The minimum absolute atomic E-state index is 0.0485. The number of methoxy groups -OCH3 is 1. The molecule has 1 fully saturated rings. The molecule has 22 heavy (non-hydrogen) atoms. The standard InChI is InChI=1S/C15H20N4O3/c1-12(11-22-2)17-5-7-18(8-6-17)15-4-3-14(19(20)21)9-13(15)10-16/h3-4,9,12H,5-8,11H2,1-2H3/t12-/m1/s1. The highest BCUT2D eigenvalue weighted by Gasteiger charge is 2.23. The van der Waals surface area contributed by atoms with Crippen LogP contribution in [0.5, 0.6) is 0 Å². The van der Waals surface area contributed by atoms with E-state index in [1.54, 1.807) is 13.2 Å². The highest BCUT2D eigenvalue weighted by Crippen LogP contribution is 2.26. The number of anilines is 1. The predicted octanol–water partition coefficient (Wildman–Crippen LogP) is 1.62. The van der Waals surface area contributed by atoms with Crippen LogP contribution in [0.3, 0.4) is 0 Å². The van der Waals surface area contributed by atoms with Crippen molar-refractivity contribution in [3.8, 4) is 6.07 Å². The Balaban J connectivity index is 2.08. The molecule has 7 heteroatoms. The number of benzene rings is 1. The van der Waals surface area contributed by atoms with Crippen molar-refractivity contribution in [3.63, 3.8) is 0 Å². The van der Waals surface area contributed by atoms with Crippen LogP contribution in [0.2, 0.25) is 0 Å². The summed E-state index contributed by atoms with van der Waals surface area (Å²) in [5, 5.41) is 20.0. The molecular formula is C15H20N4O3. The first-order chi connectivity index (χ1) is 10.6. The summed E-state index contributed by atoms with van der Waals surface area (Å²) in [4.78, 5) is 14.8. The summed E-state index contributed by atoms with van der Waals surface area (Å²) in [6, 6.07) is 6.89. The summed E-state index contributed by atoms with van der Waals surface area (Å²) in [5.74, 6) is 0. The zero-order chi connectivity index (χ0) is 16.1. The molecule has 2 rings (SSSR count). The van der Waals surface area contributed by atoms with Gasteiger partial charge in [-0.2, -0.15) is 5.26 Å². The molecule has 0 amide bonds. The number of nitro benzene ring substituents is 1. The smallest absolute Gasteiger partial charge is 0.270 e. The first kappa shape index (κ1) is 16.2. The molecule has 0 bridgehead atoms. The van der Waals surface area contributed by atoms with Gasteiger partial charge in [-0.3, -0.25) is 15.0 Å². The fraction of sp³-hybridized carbons (Fsp3) is 0.533. The minimum Gasteiger partial charge on any atom is -0.383 e. The predicted molar refractivity (Wildman–Crippen MR) is 82.9 cm³/mol. The van der Waals surface area contributed by atoms with Gasteiger partial charge in [-0.1, -0.05) is 0 Å². The van der Waals surface area contributed by atoms with Crippen molar-refractivity contribution in [2.24, 2.45) is 0 Å². The Morgan fingerprint density at radius 3 is 2.64 bits per heavy atom. The Hall–Kier alpha value is -2.17. The van der Waals surface area contributed by atoms with Gasteiger partial charge >= 0.3 is 0 Å². The first-order valence-corrected chi connectivity index (χ1v) is 7.23. The molecule has 0 aromatic heterocycles. The van der Waals surface area contributed by atoms with Gasteiger partial charge in [0.2, 0.25) is 0 Å². The average Bonchev–Trinajstić information content (AvgIpc) is 2.54. The van der Waals surface area contributed by atoms with Gasteiger partial charge in [0.15, 0.2) is 0 Å². The molecule has 0 spiro atoms. The van der Waals surface area contributed by atoms with E-state index in [9.17, 15) is 15.4 Å². The number of non-ortho nitro benzene ring substituents is 1. The van der Waals surface area contributed by atoms with Crippen LogP contribution in [-0.2, 0) is 4.74 Å². The Kier molecular flexibility index (Phi) is 5.31. The molecule has 1 aliphatic rings. The molecule has 1 aromatic carbocycles. The van der Waals surface area contributed by atoms with Crippen molar-refractivity contribution >= 4 is 11.4 Å². The van der Waals surface area contributed by atoms with Crippen molar-refractivity contribution in [3.05, 3.63) is 33.9 Å². The van der Waals surface area contributed by atoms with E-state index in [1.807, 2.05) is 0 Å². The number of nitrogens with zero attached hydrogens (tertiary/aromatic N) is 4. The van der Waals surface area contributed by atoms with E-state index in [2.05, 4.69) is 22.8 Å². The average molecular weight is 304 g/mol.